The van der Waals surface area contributed by atoms with Gasteiger partial charge >= 0.3 is 0 Å². The molecule has 0 aliphatic carbocycles. The van der Waals surface area contributed by atoms with Gasteiger partial charge in [0.2, 0.25) is 5.91 Å². The van der Waals surface area contributed by atoms with Crippen LogP contribution in [0, 0.1) is 0 Å². The number of aromatic nitrogens is 1. The van der Waals surface area contributed by atoms with Gasteiger partial charge in [0, 0.05) is 22.2 Å². The normalized spacial score (nSPS) is 11.0. The molecule has 2 rings (SSSR count). The summed E-state index contributed by atoms with van der Waals surface area (Å²) in [6.07, 6.45) is 4.31. The van der Waals surface area contributed by atoms with E-state index in [4.69, 9.17) is 5.73 Å². The molecule has 0 radical (unpaired) electrons. The van der Waals surface area contributed by atoms with E-state index in [2.05, 4.69) is 18.8 Å². The molecule has 0 aliphatic heterocycles. The van der Waals surface area contributed by atoms with E-state index in [1.54, 1.807) is 6.07 Å². The quantitative estimate of drug-likeness (QED) is 0.833. The van der Waals surface area contributed by atoms with Gasteiger partial charge in [0.15, 0.2) is 0 Å². The maximum atomic E-state index is 11.3. The number of aromatic amines is 1. The van der Waals surface area contributed by atoms with Gasteiger partial charge in [0.1, 0.15) is 0 Å². The molecule has 0 atom stereocenters. The van der Waals surface area contributed by atoms with Gasteiger partial charge in [-0.25, -0.2) is 0 Å². The summed E-state index contributed by atoms with van der Waals surface area (Å²) in [7, 11) is 0. The summed E-state index contributed by atoms with van der Waals surface area (Å²) in [5, 5.41) is 1.15. The number of nitrogens with one attached hydrogen (secondary N) is 1. The third-order valence-corrected chi connectivity index (χ3v) is 3.28. The van der Waals surface area contributed by atoms with E-state index in [0.29, 0.717) is 5.56 Å². The number of carbonyl (C=O) groups is 1. The first kappa shape index (κ1) is 12.7. The SMILES string of the molecule is CCCc1[nH]c2ccc(C(N)=O)cc2c1CCC. The smallest absolute Gasteiger partial charge is 0.248 e. The van der Waals surface area contributed by atoms with Crippen molar-refractivity contribution in [2.45, 2.75) is 39.5 Å². The first-order chi connectivity index (χ1) is 8.67. The minimum absolute atomic E-state index is 0.363. The molecule has 1 heterocycles. The summed E-state index contributed by atoms with van der Waals surface area (Å²) >= 11 is 0. The van der Waals surface area contributed by atoms with Crippen molar-refractivity contribution in [2.75, 3.05) is 0 Å². The van der Waals surface area contributed by atoms with Crippen molar-refractivity contribution in [3.63, 3.8) is 0 Å². The maximum absolute atomic E-state index is 11.3. The molecule has 0 saturated carbocycles. The first-order valence-electron chi connectivity index (χ1n) is 6.60. The molecule has 96 valence electrons. The molecule has 3 N–H and O–H groups in total. The zero-order valence-electron chi connectivity index (χ0n) is 11.0. The number of fused-ring (bicyclic) bond motifs is 1. The van der Waals surface area contributed by atoms with Gasteiger partial charge in [-0.15, -0.1) is 0 Å². The van der Waals surface area contributed by atoms with E-state index in [0.717, 1.165) is 36.6 Å². The third-order valence-electron chi connectivity index (χ3n) is 3.28. The summed E-state index contributed by atoms with van der Waals surface area (Å²) in [6.45, 7) is 4.35. The van der Waals surface area contributed by atoms with Crippen LogP contribution in [0.2, 0.25) is 0 Å². The minimum Gasteiger partial charge on any atom is -0.366 e. The molecule has 1 aromatic carbocycles. The molecule has 2 aromatic rings. The number of rotatable bonds is 5. The van der Waals surface area contributed by atoms with Gasteiger partial charge in [-0.1, -0.05) is 26.7 Å². The predicted octanol–water partition coefficient (Wildman–Crippen LogP) is 3.17. The number of amides is 1. The van der Waals surface area contributed by atoms with Crippen molar-refractivity contribution in [1.29, 1.82) is 0 Å². The van der Waals surface area contributed by atoms with Crippen LogP contribution in [0.5, 0.6) is 0 Å². The molecule has 0 aliphatic rings. The summed E-state index contributed by atoms with van der Waals surface area (Å²) in [4.78, 5) is 14.7. The fourth-order valence-corrected chi connectivity index (χ4v) is 2.46. The Labute approximate surface area is 107 Å². The lowest BCUT2D eigenvalue weighted by molar-refractivity contribution is 0.100. The molecule has 3 heteroatoms. The Kier molecular flexibility index (Phi) is 3.70. The molecule has 0 spiro atoms. The summed E-state index contributed by atoms with van der Waals surface area (Å²) < 4.78 is 0. The van der Waals surface area contributed by atoms with Gasteiger partial charge in [-0.05, 0) is 36.6 Å². The number of H-pyrrole nitrogens is 1. The summed E-state index contributed by atoms with van der Waals surface area (Å²) in [5.74, 6) is -0.363. The second-order valence-electron chi connectivity index (χ2n) is 4.71. The van der Waals surface area contributed by atoms with E-state index < -0.39 is 0 Å². The van der Waals surface area contributed by atoms with Crippen molar-refractivity contribution in [3.8, 4) is 0 Å². The Morgan fingerprint density at radius 2 is 1.94 bits per heavy atom. The Balaban J connectivity index is 2.59. The van der Waals surface area contributed by atoms with Crippen LogP contribution in [-0.2, 0) is 12.8 Å². The monoisotopic (exact) mass is 244 g/mol. The lowest BCUT2D eigenvalue weighted by atomic mass is 10.0. The van der Waals surface area contributed by atoms with Crippen LogP contribution in [0.15, 0.2) is 18.2 Å². The fourth-order valence-electron chi connectivity index (χ4n) is 2.46. The molecule has 1 amide bonds. The number of hydrogen-bond donors (Lipinski definition) is 2. The molecule has 0 fully saturated rings. The second kappa shape index (κ2) is 5.25. The van der Waals surface area contributed by atoms with Gasteiger partial charge in [0.05, 0.1) is 0 Å². The number of primary amides is 1. The highest BCUT2D eigenvalue weighted by atomic mass is 16.1. The molecular formula is C15H20N2O. The van der Waals surface area contributed by atoms with Crippen molar-refractivity contribution >= 4 is 16.8 Å². The Morgan fingerprint density at radius 3 is 2.56 bits per heavy atom. The summed E-state index contributed by atoms with van der Waals surface area (Å²) in [6, 6.07) is 5.65. The Bertz CT molecular complexity index is 569. The van der Waals surface area contributed by atoms with Crippen molar-refractivity contribution < 1.29 is 4.79 Å². The lowest BCUT2D eigenvalue weighted by Crippen LogP contribution is -2.10. The van der Waals surface area contributed by atoms with Crippen LogP contribution >= 0.6 is 0 Å². The average molecular weight is 244 g/mol. The van der Waals surface area contributed by atoms with E-state index in [1.807, 2.05) is 12.1 Å². The minimum atomic E-state index is -0.363. The van der Waals surface area contributed by atoms with Crippen molar-refractivity contribution in [1.82, 2.24) is 4.98 Å². The number of benzene rings is 1. The molecule has 0 unspecified atom stereocenters. The van der Waals surface area contributed by atoms with Crippen LogP contribution in [0.3, 0.4) is 0 Å². The largest absolute Gasteiger partial charge is 0.366 e. The van der Waals surface area contributed by atoms with Gasteiger partial charge in [-0.2, -0.15) is 0 Å². The molecule has 18 heavy (non-hydrogen) atoms. The molecule has 3 nitrogen and oxygen atoms in total. The maximum Gasteiger partial charge on any atom is 0.248 e. The standard InChI is InChI=1S/C15H20N2O/c1-3-5-11-12-9-10(15(16)18)7-8-14(12)17-13(11)6-4-2/h7-9,17H,3-6H2,1-2H3,(H2,16,18). The van der Waals surface area contributed by atoms with Gasteiger partial charge in [-0.3, -0.25) is 4.79 Å². The predicted molar refractivity (Wildman–Crippen MR) is 74.8 cm³/mol. The van der Waals surface area contributed by atoms with Gasteiger partial charge in [0.25, 0.3) is 0 Å². The topological polar surface area (TPSA) is 58.9 Å². The fraction of sp³-hybridized carbons (Fsp3) is 0.400. The van der Waals surface area contributed by atoms with E-state index >= 15 is 0 Å². The number of carbonyl (C=O) groups excluding carboxylic acids is 1. The number of nitrogens with two attached hydrogens (primary N) is 1. The summed E-state index contributed by atoms with van der Waals surface area (Å²) in [5.41, 5.74) is 9.68. The Morgan fingerprint density at radius 1 is 1.22 bits per heavy atom. The van der Waals surface area contributed by atoms with Crippen LogP contribution in [0.4, 0.5) is 0 Å². The average Bonchev–Trinajstić information content (AvgIpc) is 2.68. The van der Waals surface area contributed by atoms with Crippen LogP contribution in [0.1, 0.15) is 48.3 Å². The highest BCUT2D eigenvalue weighted by Crippen LogP contribution is 2.26. The molecular weight excluding hydrogens is 224 g/mol. The van der Waals surface area contributed by atoms with Crippen molar-refractivity contribution in [3.05, 3.63) is 35.0 Å². The molecule has 0 saturated heterocycles. The van der Waals surface area contributed by atoms with Crippen LogP contribution in [-0.4, -0.2) is 10.9 Å². The lowest BCUT2D eigenvalue weighted by Gasteiger charge is -2.02. The van der Waals surface area contributed by atoms with Gasteiger partial charge < -0.3 is 10.7 Å². The first-order valence-corrected chi connectivity index (χ1v) is 6.60. The zero-order chi connectivity index (χ0) is 13.1. The molecule has 0 bridgehead atoms. The Hall–Kier alpha value is -1.77. The second-order valence-corrected chi connectivity index (χ2v) is 4.71. The zero-order valence-corrected chi connectivity index (χ0v) is 11.0. The number of aryl methyl sites for hydroxylation is 2. The van der Waals surface area contributed by atoms with E-state index in [1.165, 1.54) is 11.3 Å². The highest BCUT2D eigenvalue weighted by Gasteiger charge is 2.11. The van der Waals surface area contributed by atoms with Crippen LogP contribution in [0.25, 0.3) is 10.9 Å². The van der Waals surface area contributed by atoms with Crippen molar-refractivity contribution in [2.24, 2.45) is 5.73 Å². The third kappa shape index (κ3) is 2.26. The van der Waals surface area contributed by atoms with Crippen LogP contribution < -0.4 is 5.73 Å². The van der Waals surface area contributed by atoms with E-state index in [-0.39, 0.29) is 5.91 Å². The highest BCUT2D eigenvalue weighted by molar-refractivity contribution is 5.98. The number of hydrogen-bond acceptors (Lipinski definition) is 1. The molecule has 1 aromatic heterocycles. The van der Waals surface area contributed by atoms with E-state index in [9.17, 15) is 4.79 Å².